The van der Waals surface area contributed by atoms with Gasteiger partial charge in [-0.25, -0.2) is 5.43 Å². The number of hydrazone groups is 1. The molecule has 3 rings (SSSR count). The molecule has 0 aromatic heterocycles. The molecule has 0 fully saturated rings. The average molecular weight is 478 g/mol. The van der Waals surface area contributed by atoms with Crippen LogP contribution in [0.5, 0.6) is 17.2 Å². The Kier molecular flexibility index (Phi) is 5.97. The number of carbonyl (C=O) groups is 1. The molecule has 158 valence electrons. The van der Waals surface area contributed by atoms with Gasteiger partial charge in [0.25, 0.3) is 11.6 Å². The number of aromatic hydroxyl groups is 1. The van der Waals surface area contributed by atoms with E-state index < -0.39 is 16.9 Å². The molecule has 2 aromatic carbocycles. The van der Waals surface area contributed by atoms with Gasteiger partial charge < -0.3 is 14.6 Å². The molecule has 0 spiro atoms. The van der Waals surface area contributed by atoms with Crippen molar-refractivity contribution >= 4 is 33.7 Å². The number of phenols is 1. The zero-order valence-electron chi connectivity index (χ0n) is 16.5. The first-order valence-corrected chi connectivity index (χ1v) is 9.79. The standard InChI is InChI=1S/C20H20BrN3O6/c1-20(2,3)12-4-5-15-16(7-12)30-17(10-29-15)19(26)23-22-9-11-6-13(24(27)28)8-14(21)18(11)25/h4-9,17,25H,10H2,1-3H3,(H,23,26)/b22-9+. The molecule has 2 N–H and O–H groups in total. The van der Waals surface area contributed by atoms with Gasteiger partial charge in [-0.1, -0.05) is 26.8 Å². The molecule has 1 aliphatic rings. The van der Waals surface area contributed by atoms with Gasteiger partial charge in [-0.3, -0.25) is 14.9 Å². The predicted molar refractivity (Wildman–Crippen MR) is 113 cm³/mol. The molecule has 0 radical (unpaired) electrons. The van der Waals surface area contributed by atoms with Crippen molar-refractivity contribution in [1.29, 1.82) is 0 Å². The number of benzene rings is 2. The van der Waals surface area contributed by atoms with E-state index in [-0.39, 0.29) is 33.5 Å². The number of carbonyl (C=O) groups excluding carboxylic acids is 1. The highest BCUT2D eigenvalue weighted by Gasteiger charge is 2.28. The van der Waals surface area contributed by atoms with E-state index in [0.717, 1.165) is 17.8 Å². The molecule has 0 bridgehead atoms. The second-order valence-corrected chi connectivity index (χ2v) is 8.54. The van der Waals surface area contributed by atoms with Crippen LogP contribution in [0.4, 0.5) is 5.69 Å². The molecule has 1 heterocycles. The fraction of sp³-hybridized carbons (Fsp3) is 0.300. The van der Waals surface area contributed by atoms with Gasteiger partial charge >= 0.3 is 0 Å². The molecule has 1 unspecified atom stereocenters. The van der Waals surface area contributed by atoms with Crippen LogP contribution >= 0.6 is 15.9 Å². The van der Waals surface area contributed by atoms with Crippen molar-refractivity contribution in [3.05, 3.63) is 56.0 Å². The van der Waals surface area contributed by atoms with Crippen LogP contribution in [-0.4, -0.2) is 34.9 Å². The summed E-state index contributed by atoms with van der Waals surface area (Å²) in [5, 5.41) is 24.7. The summed E-state index contributed by atoms with van der Waals surface area (Å²) < 4.78 is 11.5. The Morgan fingerprint density at radius 3 is 2.73 bits per heavy atom. The Hall–Kier alpha value is -3.14. The van der Waals surface area contributed by atoms with Gasteiger partial charge in [0.2, 0.25) is 6.10 Å². The summed E-state index contributed by atoms with van der Waals surface area (Å²) in [5.41, 5.74) is 3.08. The van der Waals surface area contributed by atoms with Gasteiger partial charge in [-0.05, 0) is 39.0 Å². The molecule has 10 heteroatoms. The summed E-state index contributed by atoms with van der Waals surface area (Å²) >= 11 is 3.04. The number of nitrogens with zero attached hydrogens (tertiary/aromatic N) is 2. The van der Waals surface area contributed by atoms with E-state index in [1.165, 1.54) is 6.07 Å². The van der Waals surface area contributed by atoms with Crippen LogP contribution in [0.2, 0.25) is 0 Å². The fourth-order valence-corrected chi connectivity index (χ4v) is 3.18. The Morgan fingerprint density at radius 2 is 2.07 bits per heavy atom. The summed E-state index contributed by atoms with van der Waals surface area (Å²) in [6.45, 7) is 6.22. The number of non-ortho nitro benzene ring substituents is 1. The normalized spacial score (nSPS) is 15.8. The zero-order chi connectivity index (χ0) is 22.1. The number of ether oxygens (including phenoxy) is 2. The number of phenolic OH excluding ortho intramolecular Hbond substituents is 1. The smallest absolute Gasteiger partial charge is 0.284 e. The van der Waals surface area contributed by atoms with Gasteiger partial charge in [-0.2, -0.15) is 5.10 Å². The summed E-state index contributed by atoms with van der Waals surface area (Å²) in [6.07, 6.45) is 0.190. The van der Waals surface area contributed by atoms with Crippen molar-refractivity contribution in [3.8, 4) is 17.2 Å². The second kappa shape index (κ2) is 8.31. The molecule has 1 atom stereocenters. The molecular formula is C20H20BrN3O6. The molecule has 2 aromatic rings. The van der Waals surface area contributed by atoms with Gasteiger partial charge in [0.15, 0.2) is 11.5 Å². The number of halogens is 1. The molecule has 1 amide bonds. The van der Waals surface area contributed by atoms with Crippen LogP contribution < -0.4 is 14.9 Å². The molecule has 30 heavy (non-hydrogen) atoms. The quantitative estimate of drug-likeness (QED) is 0.393. The van der Waals surface area contributed by atoms with Crippen LogP contribution in [0.1, 0.15) is 31.9 Å². The number of nitro benzene ring substituents is 1. The van der Waals surface area contributed by atoms with Crippen molar-refractivity contribution in [2.75, 3.05) is 6.61 Å². The van der Waals surface area contributed by atoms with Crippen LogP contribution in [-0.2, 0) is 10.2 Å². The third-order valence-electron chi connectivity index (χ3n) is 4.43. The average Bonchev–Trinajstić information content (AvgIpc) is 2.69. The minimum absolute atomic E-state index is 0.0107. The van der Waals surface area contributed by atoms with Crippen molar-refractivity contribution in [3.63, 3.8) is 0 Å². The highest BCUT2D eigenvalue weighted by atomic mass is 79.9. The van der Waals surface area contributed by atoms with Crippen LogP contribution in [0.3, 0.4) is 0 Å². The number of hydrogen-bond acceptors (Lipinski definition) is 7. The molecule has 0 aliphatic carbocycles. The van der Waals surface area contributed by atoms with Crippen molar-refractivity contribution < 1.29 is 24.3 Å². The van der Waals surface area contributed by atoms with Crippen LogP contribution in [0.25, 0.3) is 0 Å². The first-order chi connectivity index (χ1) is 14.1. The van der Waals surface area contributed by atoms with E-state index in [2.05, 4.69) is 47.2 Å². The van der Waals surface area contributed by atoms with Crippen LogP contribution in [0, 0.1) is 10.1 Å². The Morgan fingerprint density at radius 1 is 1.33 bits per heavy atom. The summed E-state index contributed by atoms with van der Waals surface area (Å²) in [7, 11) is 0. The first-order valence-electron chi connectivity index (χ1n) is 9.00. The Balaban J connectivity index is 1.70. The number of rotatable bonds is 4. The van der Waals surface area contributed by atoms with E-state index in [1.807, 2.05) is 18.2 Å². The van der Waals surface area contributed by atoms with Gasteiger partial charge in [0.05, 0.1) is 15.6 Å². The molecule has 0 saturated heterocycles. The SMILES string of the molecule is CC(C)(C)c1ccc2c(c1)OC(C(=O)N/N=C/c1cc([N+](=O)[O-])cc(Br)c1O)CO2. The van der Waals surface area contributed by atoms with Crippen molar-refractivity contribution in [2.45, 2.75) is 32.3 Å². The molecular weight excluding hydrogens is 458 g/mol. The van der Waals surface area contributed by atoms with E-state index in [9.17, 15) is 20.0 Å². The lowest BCUT2D eigenvalue weighted by Crippen LogP contribution is -2.42. The number of amides is 1. The first kappa shape index (κ1) is 21.6. The van der Waals surface area contributed by atoms with Crippen LogP contribution in [0.15, 0.2) is 39.9 Å². The highest BCUT2D eigenvalue weighted by molar-refractivity contribution is 9.10. The summed E-state index contributed by atoms with van der Waals surface area (Å²) in [6, 6.07) is 7.92. The maximum atomic E-state index is 12.4. The third-order valence-corrected chi connectivity index (χ3v) is 5.03. The number of hydrogen-bond donors (Lipinski definition) is 2. The van der Waals surface area contributed by atoms with Gasteiger partial charge in [0, 0.05) is 17.7 Å². The Labute approximate surface area is 181 Å². The van der Waals surface area contributed by atoms with E-state index in [0.29, 0.717) is 11.5 Å². The van der Waals surface area contributed by atoms with E-state index in [4.69, 9.17) is 9.47 Å². The lowest BCUT2D eigenvalue weighted by atomic mass is 9.87. The minimum atomic E-state index is -0.921. The number of nitro groups is 1. The maximum Gasteiger partial charge on any atom is 0.284 e. The minimum Gasteiger partial charge on any atom is -0.506 e. The number of nitrogens with one attached hydrogen (secondary N) is 1. The maximum absolute atomic E-state index is 12.4. The van der Waals surface area contributed by atoms with Gasteiger partial charge in [0.1, 0.15) is 12.4 Å². The monoisotopic (exact) mass is 477 g/mol. The summed E-state index contributed by atoms with van der Waals surface area (Å²) in [4.78, 5) is 22.7. The van der Waals surface area contributed by atoms with E-state index in [1.54, 1.807) is 0 Å². The molecule has 1 aliphatic heterocycles. The molecule has 0 saturated carbocycles. The van der Waals surface area contributed by atoms with Crippen molar-refractivity contribution in [1.82, 2.24) is 5.43 Å². The van der Waals surface area contributed by atoms with Gasteiger partial charge in [-0.15, -0.1) is 0 Å². The third kappa shape index (κ3) is 4.70. The van der Waals surface area contributed by atoms with E-state index >= 15 is 0 Å². The lowest BCUT2D eigenvalue weighted by molar-refractivity contribution is -0.385. The van der Waals surface area contributed by atoms with Crippen molar-refractivity contribution in [2.24, 2.45) is 5.10 Å². The molecule has 9 nitrogen and oxygen atoms in total. The second-order valence-electron chi connectivity index (χ2n) is 7.69. The Bertz CT molecular complexity index is 1030. The lowest BCUT2D eigenvalue weighted by Gasteiger charge is -2.27. The number of fused-ring (bicyclic) bond motifs is 1. The largest absolute Gasteiger partial charge is 0.506 e. The zero-order valence-corrected chi connectivity index (χ0v) is 18.1. The topological polar surface area (TPSA) is 123 Å². The fourth-order valence-electron chi connectivity index (χ4n) is 2.71. The predicted octanol–water partition coefficient (Wildman–Crippen LogP) is 3.65. The highest BCUT2D eigenvalue weighted by Crippen LogP contribution is 2.36. The summed E-state index contributed by atoms with van der Waals surface area (Å²) in [5.74, 6) is 0.238.